The van der Waals surface area contributed by atoms with E-state index in [2.05, 4.69) is 15.6 Å². The lowest BCUT2D eigenvalue weighted by Crippen LogP contribution is -2.28. The average Bonchev–Trinajstić information content (AvgIpc) is 2.50. The topological polar surface area (TPSA) is 54.0 Å². The summed E-state index contributed by atoms with van der Waals surface area (Å²) in [5.41, 5.74) is 3.07. The predicted molar refractivity (Wildman–Crippen MR) is 90.9 cm³/mol. The average molecular weight is 318 g/mol. The number of carbonyl (C=O) groups is 1. The molecule has 2 N–H and O–H groups in total. The van der Waals surface area contributed by atoms with Crippen molar-refractivity contribution < 1.29 is 4.79 Å². The third-order valence-corrected chi connectivity index (χ3v) is 3.62. The summed E-state index contributed by atoms with van der Waals surface area (Å²) >= 11 is 6.12. The lowest BCUT2D eigenvalue weighted by Gasteiger charge is -2.12. The number of nitrogens with one attached hydrogen (secondary N) is 2. The molecule has 1 amide bonds. The summed E-state index contributed by atoms with van der Waals surface area (Å²) < 4.78 is 0. The molecule has 1 heterocycles. The Morgan fingerprint density at radius 1 is 1.32 bits per heavy atom. The number of hydrogen-bond acceptors (Lipinski definition) is 3. The molecule has 0 bridgehead atoms. The minimum absolute atomic E-state index is 0.167. The molecule has 0 aliphatic heterocycles. The molecule has 0 radical (unpaired) electrons. The summed E-state index contributed by atoms with van der Waals surface area (Å²) in [6.07, 6.45) is 1.62. The minimum Gasteiger partial charge on any atom is -0.355 e. The van der Waals surface area contributed by atoms with Crippen molar-refractivity contribution in [2.45, 2.75) is 20.8 Å². The van der Waals surface area contributed by atoms with Gasteiger partial charge in [-0.15, -0.1) is 0 Å². The summed E-state index contributed by atoms with van der Waals surface area (Å²) in [7, 11) is 0. The smallest absolute Gasteiger partial charge is 0.269 e. The van der Waals surface area contributed by atoms with E-state index in [4.69, 9.17) is 11.6 Å². The molecule has 4 nitrogen and oxygen atoms in total. The third kappa shape index (κ3) is 4.21. The predicted octanol–water partition coefficient (Wildman–Crippen LogP) is 4.17. The van der Waals surface area contributed by atoms with Crippen LogP contribution in [0.15, 0.2) is 36.5 Å². The van der Waals surface area contributed by atoms with Gasteiger partial charge in [-0.3, -0.25) is 9.78 Å². The first-order chi connectivity index (χ1) is 10.5. The molecule has 5 heteroatoms. The van der Waals surface area contributed by atoms with Crippen LogP contribution in [0.3, 0.4) is 0 Å². The minimum atomic E-state index is -0.167. The second-order valence-corrected chi connectivity index (χ2v) is 5.98. The summed E-state index contributed by atoms with van der Waals surface area (Å²) in [6, 6.07) is 9.23. The number of pyridine rings is 1. The van der Waals surface area contributed by atoms with Gasteiger partial charge in [-0.1, -0.05) is 31.5 Å². The molecule has 0 spiro atoms. The molecule has 0 atom stereocenters. The van der Waals surface area contributed by atoms with Gasteiger partial charge in [0, 0.05) is 29.1 Å². The van der Waals surface area contributed by atoms with Gasteiger partial charge in [0.15, 0.2) is 0 Å². The fourth-order valence-electron chi connectivity index (χ4n) is 1.92. The molecule has 0 fully saturated rings. The number of halogens is 1. The lowest BCUT2D eigenvalue weighted by molar-refractivity contribution is 0.0944. The number of carbonyl (C=O) groups excluding carboxylic acids is 1. The van der Waals surface area contributed by atoms with E-state index in [0.29, 0.717) is 23.2 Å². The SMILES string of the molecule is Cc1c(Cl)cccc1Nc1ccnc(C(=O)NCC(C)C)c1. The van der Waals surface area contributed by atoms with Crippen molar-refractivity contribution in [3.05, 3.63) is 52.8 Å². The van der Waals surface area contributed by atoms with Crippen molar-refractivity contribution in [2.75, 3.05) is 11.9 Å². The van der Waals surface area contributed by atoms with Gasteiger partial charge in [-0.25, -0.2) is 0 Å². The maximum atomic E-state index is 12.1. The number of anilines is 2. The summed E-state index contributed by atoms with van der Waals surface area (Å²) in [6.45, 7) is 6.68. The number of hydrogen-bond donors (Lipinski definition) is 2. The number of nitrogens with zero attached hydrogens (tertiary/aromatic N) is 1. The first-order valence-corrected chi connectivity index (χ1v) is 7.61. The van der Waals surface area contributed by atoms with Crippen LogP contribution in [0.1, 0.15) is 29.9 Å². The molecule has 2 rings (SSSR count). The molecule has 0 saturated heterocycles. The van der Waals surface area contributed by atoms with Crippen LogP contribution in [0.4, 0.5) is 11.4 Å². The van der Waals surface area contributed by atoms with Crippen molar-refractivity contribution in [1.82, 2.24) is 10.3 Å². The fraction of sp³-hybridized carbons (Fsp3) is 0.294. The lowest BCUT2D eigenvalue weighted by atomic mass is 10.2. The van der Waals surface area contributed by atoms with E-state index < -0.39 is 0 Å². The number of amides is 1. The Morgan fingerprint density at radius 3 is 2.82 bits per heavy atom. The van der Waals surface area contributed by atoms with E-state index in [-0.39, 0.29) is 5.91 Å². The Kier molecular flexibility index (Phi) is 5.39. The van der Waals surface area contributed by atoms with Gasteiger partial charge in [-0.2, -0.15) is 0 Å². The molecule has 1 aromatic carbocycles. The van der Waals surface area contributed by atoms with E-state index >= 15 is 0 Å². The van der Waals surface area contributed by atoms with Crippen LogP contribution in [0.5, 0.6) is 0 Å². The van der Waals surface area contributed by atoms with Crippen molar-refractivity contribution in [2.24, 2.45) is 5.92 Å². The Hall–Kier alpha value is -2.07. The van der Waals surface area contributed by atoms with Crippen LogP contribution in [0.2, 0.25) is 5.02 Å². The maximum absolute atomic E-state index is 12.1. The van der Waals surface area contributed by atoms with Crippen LogP contribution in [-0.4, -0.2) is 17.4 Å². The zero-order valence-corrected chi connectivity index (χ0v) is 13.7. The van der Waals surface area contributed by atoms with Crippen molar-refractivity contribution in [3.63, 3.8) is 0 Å². The first kappa shape index (κ1) is 16.3. The zero-order chi connectivity index (χ0) is 16.1. The van der Waals surface area contributed by atoms with Gasteiger partial charge in [-0.05, 0) is 42.7 Å². The molecule has 0 saturated carbocycles. The third-order valence-electron chi connectivity index (χ3n) is 3.21. The maximum Gasteiger partial charge on any atom is 0.269 e. The summed E-state index contributed by atoms with van der Waals surface area (Å²) in [4.78, 5) is 16.2. The van der Waals surface area contributed by atoms with E-state index in [9.17, 15) is 4.79 Å². The van der Waals surface area contributed by atoms with E-state index in [0.717, 1.165) is 16.9 Å². The quantitative estimate of drug-likeness (QED) is 0.870. The Labute approximate surface area is 135 Å². The van der Waals surface area contributed by atoms with Gasteiger partial charge >= 0.3 is 0 Å². The van der Waals surface area contributed by atoms with Crippen LogP contribution < -0.4 is 10.6 Å². The van der Waals surface area contributed by atoms with Crippen LogP contribution in [0, 0.1) is 12.8 Å². The molecule has 0 aliphatic carbocycles. The van der Waals surface area contributed by atoms with Gasteiger partial charge in [0.05, 0.1) is 0 Å². The second kappa shape index (κ2) is 7.27. The van der Waals surface area contributed by atoms with Crippen LogP contribution in [0.25, 0.3) is 0 Å². The molecule has 1 aromatic heterocycles. The molecule has 2 aromatic rings. The largest absolute Gasteiger partial charge is 0.355 e. The zero-order valence-electron chi connectivity index (χ0n) is 13.0. The van der Waals surface area contributed by atoms with Gasteiger partial charge in [0.25, 0.3) is 5.91 Å². The number of benzene rings is 1. The highest BCUT2D eigenvalue weighted by atomic mass is 35.5. The normalized spacial score (nSPS) is 10.6. The highest BCUT2D eigenvalue weighted by molar-refractivity contribution is 6.31. The Balaban J connectivity index is 2.15. The summed E-state index contributed by atoms with van der Waals surface area (Å²) in [5.74, 6) is 0.236. The Morgan fingerprint density at radius 2 is 2.09 bits per heavy atom. The van der Waals surface area contributed by atoms with Gasteiger partial charge in [0.1, 0.15) is 5.69 Å². The first-order valence-electron chi connectivity index (χ1n) is 7.23. The highest BCUT2D eigenvalue weighted by Gasteiger charge is 2.09. The fourth-order valence-corrected chi connectivity index (χ4v) is 2.09. The molecule has 0 unspecified atom stereocenters. The molecule has 22 heavy (non-hydrogen) atoms. The monoisotopic (exact) mass is 317 g/mol. The van der Waals surface area contributed by atoms with Gasteiger partial charge in [0.2, 0.25) is 0 Å². The summed E-state index contributed by atoms with van der Waals surface area (Å²) in [5, 5.41) is 6.83. The molecule has 116 valence electrons. The molecular weight excluding hydrogens is 298 g/mol. The number of rotatable bonds is 5. The number of aromatic nitrogens is 1. The standard InChI is InChI=1S/C17H20ClN3O/c1-11(2)10-20-17(22)16-9-13(7-8-19-16)21-15-6-4-5-14(18)12(15)3/h4-9,11H,10H2,1-3H3,(H,19,21)(H,20,22). The second-order valence-electron chi connectivity index (χ2n) is 5.57. The Bertz CT molecular complexity index is 671. The van der Waals surface area contributed by atoms with Crippen LogP contribution in [-0.2, 0) is 0 Å². The van der Waals surface area contributed by atoms with Crippen LogP contribution >= 0.6 is 11.6 Å². The van der Waals surface area contributed by atoms with Crippen molar-refractivity contribution in [3.8, 4) is 0 Å². The van der Waals surface area contributed by atoms with Gasteiger partial charge < -0.3 is 10.6 Å². The molecular formula is C17H20ClN3O. The molecule has 0 aliphatic rings. The highest BCUT2D eigenvalue weighted by Crippen LogP contribution is 2.26. The van der Waals surface area contributed by atoms with E-state index in [1.54, 1.807) is 12.3 Å². The van der Waals surface area contributed by atoms with E-state index in [1.165, 1.54) is 0 Å². The van der Waals surface area contributed by atoms with E-state index in [1.807, 2.05) is 45.0 Å². The van der Waals surface area contributed by atoms with Crippen molar-refractivity contribution >= 4 is 28.9 Å². The van der Waals surface area contributed by atoms with Crippen molar-refractivity contribution in [1.29, 1.82) is 0 Å².